The van der Waals surface area contributed by atoms with Gasteiger partial charge >= 0.3 is 17.9 Å². The van der Waals surface area contributed by atoms with Crippen molar-refractivity contribution >= 4 is 17.9 Å². The van der Waals surface area contributed by atoms with Gasteiger partial charge in [0.15, 0.2) is 6.10 Å². The number of ether oxygens (including phenoxy) is 3. The third kappa shape index (κ3) is 52.6. The summed E-state index contributed by atoms with van der Waals surface area (Å²) < 4.78 is 16.7. The second kappa shape index (κ2) is 54.4. The average Bonchev–Trinajstić information content (AvgIpc) is 3.33. The van der Waals surface area contributed by atoms with Crippen LogP contribution in [0.5, 0.6) is 0 Å². The van der Waals surface area contributed by atoms with Crippen molar-refractivity contribution in [1.82, 2.24) is 0 Å². The number of allylic oxidation sites excluding steroid dienone is 20. The van der Waals surface area contributed by atoms with Gasteiger partial charge in [-0.25, -0.2) is 0 Å². The zero-order valence-electron chi connectivity index (χ0n) is 43.1. The molecule has 0 amide bonds. The van der Waals surface area contributed by atoms with Crippen LogP contribution < -0.4 is 0 Å². The van der Waals surface area contributed by atoms with Crippen molar-refractivity contribution < 1.29 is 28.6 Å². The molecule has 0 N–H and O–H groups in total. The summed E-state index contributed by atoms with van der Waals surface area (Å²) in [5, 5.41) is 0. The lowest BCUT2D eigenvalue weighted by atomic mass is 10.0. The third-order valence-corrected chi connectivity index (χ3v) is 11.1. The summed E-state index contributed by atoms with van der Waals surface area (Å²) in [7, 11) is 0. The molecule has 0 aliphatic carbocycles. The Morgan fingerprint density at radius 1 is 0.328 bits per heavy atom. The Balaban J connectivity index is 4.52. The van der Waals surface area contributed by atoms with Crippen molar-refractivity contribution in [2.75, 3.05) is 13.2 Å². The predicted octanol–water partition coefficient (Wildman–Crippen LogP) is 18.1. The molecule has 67 heavy (non-hydrogen) atoms. The Labute approximate surface area is 412 Å². The molecule has 0 spiro atoms. The van der Waals surface area contributed by atoms with E-state index in [1.807, 2.05) is 54.7 Å². The van der Waals surface area contributed by atoms with Crippen LogP contribution in [0.4, 0.5) is 0 Å². The molecule has 0 saturated carbocycles. The maximum Gasteiger partial charge on any atom is 0.306 e. The normalized spacial score (nSPS) is 13.1. The molecule has 0 aromatic carbocycles. The quantitative estimate of drug-likeness (QED) is 0.0199. The first-order valence-corrected chi connectivity index (χ1v) is 27.1. The fourth-order valence-electron chi connectivity index (χ4n) is 7.09. The molecule has 0 heterocycles. The molecule has 378 valence electrons. The minimum Gasteiger partial charge on any atom is -0.462 e. The molecule has 0 saturated heterocycles. The van der Waals surface area contributed by atoms with Crippen LogP contribution in [0.25, 0.3) is 0 Å². The molecule has 0 aromatic heterocycles. The summed E-state index contributed by atoms with van der Waals surface area (Å²) in [5.74, 6) is -1.03. The molecule has 0 aliphatic rings. The second-order valence-corrected chi connectivity index (χ2v) is 17.5. The van der Waals surface area contributed by atoms with Crippen molar-refractivity contribution in [2.45, 2.75) is 232 Å². The van der Waals surface area contributed by atoms with E-state index < -0.39 is 6.10 Å². The van der Waals surface area contributed by atoms with E-state index in [1.165, 1.54) is 89.9 Å². The van der Waals surface area contributed by atoms with Crippen molar-refractivity contribution in [3.63, 3.8) is 0 Å². The van der Waals surface area contributed by atoms with Gasteiger partial charge < -0.3 is 14.2 Å². The van der Waals surface area contributed by atoms with Gasteiger partial charge in [0.25, 0.3) is 0 Å². The van der Waals surface area contributed by atoms with E-state index in [9.17, 15) is 14.4 Å². The third-order valence-electron chi connectivity index (χ3n) is 11.1. The molecule has 0 aromatic rings. The van der Waals surface area contributed by atoms with Gasteiger partial charge in [-0.05, 0) is 77.0 Å². The van der Waals surface area contributed by atoms with Crippen LogP contribution in [0.2, 0.25) is 0 Å². The zero-order valence-corrected chi connectivity index (χ0v) is 43.1. The fraction of sp³-hybridized carbons (Fsp3) is 0.623. The largest absolute Gasteiger partial charge is 0.462 e. The molecule has 6 heteroatoms. The monoisotopic (exact) mass is 927 g/mol. The van der Waals surface area contributed by atoms with E-state index in [2.05, 4.69) is 87.6 Å². The van der Waals surface area contributed by atoms with Gasteiger partial charge in [-0.15, -0.1) is 0 Å². The zero-order chi connectivity index (χ0) is 48.6. The topological polar surface area (TPSA) is 78.9 Å². The first-order valence-electron chi connectivity index (χ1n) is 27.1. The highest BCUT2D eigenvalue weighted by Crippen LogP contribution is 2.15. The lowest BCUT2D eigenvalue weighted by Gasteiger charge is -2.18. The Bertz CT molecular complexity index is 1440. The smallest absolute Gasteiger partial charge is 0.306 e. The van der Waals surface area contributed by atoms with Crippen molar-refractivity contribution in [3.8, 4) is 0 Å². The minimum absolute atomic E-state index is 0.119. The Morgan fingerprint density at radius 3 is 1.13 bits per heavy atom. The lowest BCUT2D eigenvalue weighted by Crippen LogP contribution is -2.30. The van der Waals surface area contributed by atoms with Crippen LogP contribution in [0.3, 0.4) is 0 Å². The lowest BCUT2D eigenvalue weighted by molar-refractivity contribution is -0.167. The van der Waals surface area contributed by atoms with Crippen LogP contribution in [0.15, 0.2) is 122 Å². The molecule has 0 rings (SSSR count). The second-order valence-electron chi connectivity index (χ2n) is 17.5. The van der Waals surface area contributed by atoms with Crippen molar-refractivity contribution in [1.29, 1.82) is 0 Å². The van der Waals surface area contributed by atoms with Gasteiger partial charge in [0.1, 0.15) is 13.2 Å². The predicted molar refractivity (Wildman–Crippen MR) is 288 cm³/mol. The number of hydrogen-bond donors (Lipinski definition) is 0. The van der Waals surface area contributed by atoms with Gasteiger partial charge in [0, 0.05) is 19.3 Å². The van der Waals surface area contributed by atoms with Gasteiger partial charge in [0.2, 0.25) is 0 Å². The molecule has 6 nitrogen and oxygen atoms in total. The number of esters is 3. The summed E-state index contributed by atoms with van der Waals surface area (Å²) >= 11 is 0. The van der Waals surface area contributed by atoms with Gasteiger partial charge in [-0.1, -0.05) is 251 Å². The SMILES string of the molecule is CC/C=C/C=C/C=C/C=C/C=C/CCCC(=O)OCC(COC(=O)CCCCC/C=C/C/C=C/C/C=C/C/C=C/C/C=C/CC)OC(=O)CCCCCCCCCCCCCCCCCCC. The van der Waals surface area contributed by atoms with Gasteiger partial charge in [-0.3, -0.25) is 14.4 Å². The van der Waals surface area contributed by atoms with Crippen LogP contribution in [-0.2, 0) is 28.6 Å². The Hall–Kier alpha value is -4.19. The Kier molecular flexibility index (Phi) is 51.0. The van der Waals surface area contributed by atoms with Crippen LogP contribution in [0, 0.1) is 0 Å². The average molecular weight is 927 g/mol. The summed E-state index contributed by atoms with van der Waals surface area (Å²) in [4.78, 5) is 38.0. The van der Waals surface area contributed by atoms with E-state index in [0.717, 1.165) is 89.9 Å². The Morgan fingerprint density at radius 2 is 0.672 bits per heavy atom. The maximum atomic E-state index is 12.8. The number of carbonyl (C=O) groups excluding carboxylic acids is 3. The molecule has 0 radical (unpaired) electrons. The van der Waals surface area contributed by atoms with Crippen LogP contribution in [-0.4, -0.2) is 37.2 Å². The maximum absolute atomic E-state index is 12.8. The molecule has 0 fully saturated rings. The van der Waals surface area contributed by atoms with Crippen LogP contribution >= 0.6 is 0 Å². The summed E-state index contributed by atoms with van der Waals surface area (Å²) in [6.07, 6.45) is 74.8. The molecule has 0 bridgehead atoms. The molecular formula is C61H98O6. The highest BCUT2D eigenvalue weighted by molar-refractivity contribution is 5.71. The molecule has 0 aliphatic heterocycles. The summed E-state index contributed by atoms with van der Waals surface area (Å²) in [6, 6.07) is 0. The van der Waals surface area contributed by atoms with E-state index in [4.69, 9.17) is 14.2 Å². The first kappa shape index (κ1) is 62.8. The first-order chi connectivity index (χ1) is 33.0. The van der Waals surface area contributed by atoms with E-state index in [0.29, 0.717) is 19.3 Å². The minimum atomic E-state index is -0.822. The summed E-state index contributed by atoms with van der Waals surface area (Å²) in [6.45, 7) is 6.29. The van der Waals surface area contributed by atoms with Gasteiger partial charge in [-0.2, -0.15) is 0 Å². The number of unbranched alkanes of at least 4 members (excludes halogenated alkanes) is 20. The molecule has 1 atom stereocenters. The van der Waals surface area contributed by atoms with Crippen molar-refractivity contribution in [2.24, 2.45) is 0 Å². The van der Waals surface area contributed by atoms with Gasteiger partial charge in [0.05, 0.1) is 0 Å². The van der Waals surface area contributed by atoms with Crippen LogP contribution in [0.1, 0.15) is 226 Å². The van der Waals surface area contributed by atoms with E-state index in [-0.39, 0.29) is 37.5 Å². The number of hydrogen-bond acceptors (Lipinski definition) is 6. The molecular weight excluding hydrogens is 829 g/mol. The van der Waals surface area contributed by atoms with Crippen molar-refractivity contribution in [3.05, 3.63) is 122 Å². The number of rotatable bonds is 47. The molecule has 1 unspecified atom stereocenters. The highest BCUT2D eigenvalue weighted by Gasteiger charge is 2.19. The standard InChI is InChI=1S/C61H98O6/c1-4-7-10-13-16-19-22-25-27-29-30-32-33-36-39-42-45-48-51-54-60(63)66-57-58(56-65-59(62)53-50-47-44-41-38-35-24-21-18-15-12-9-6-3)67-61(64)55-52-49-46-43-40-37-34-31-28-26-23-20-17-14-11-8-5-2/h7,9-10,12,15-16,18-19,21,24-25,27,30,32,35-36,38-39,41,44,58H,4-6,8,11,13-14,17,20,22-23,26,28-29,31,33-34,37,40,42-43,45-57H2,1-3H3/b10-7+,12-9+,18-15+,19-16+,24-21+,27-25+,32-30+,38-35+,39-36+,44-41+. The summed E-state index contributed by atoms with van der Waals surface area (Å²) in [5.41, 5.74) is 0. The fourth-order valence-corrected chi connectivity index (χ4v) is 7.09. The number of carbonyl (C=O) groups is 3. The van der Waals surface area contributed by atoms with E-state index >= 15 is 0 Å². The highest BCUT2D eigenvalue weighted by atomic mass is 16.6. The van der Waals surface area contributed by atoms with E-state index in [1.54, 1.807) is 0 Å².